The van der Waals surface area contributed by atoms with Gasteiger partial charge < -0.3 is 20.5 Å². The van der Waals surface area contributed by atoms with Gasteiger partial charge in [-0.25, -0.2) is 13.6 Å². The van der Waals surface area contributed by atoms with Crippen LogP contribution < -0.4 is 20.5 Å². The van der Waals surface area contributed by atoms with Gasteiger partial charge in [0, 0.05) is 30.1 Å². The molecule has 0 aromatic heterocycles. The average Bonchev–Trinajstić information content (AvgIpc) is 3.02. The van der Waals surface area contributed by atoms with Crippen molar-refractivity contribution in [1.29, 1.82) is 0 Å². The normalized spacial score (nSPS) is 23.1. The Balaban J connectivity index is 0.000000204. The number of sulfonamides is 2. The number of nitrogens with zero attached hydrogens (tertiary/aromatic N) is 1. The molecule has 15 heteroatoms. The highest BCUT2D eigenvalue weighted by Crippen LogP contribution is 2.55. The molecule has 11 nitrogen and oxygen atoms in total. The number of ether oxygens (including phenoxy) is 1. The number of rotatable bonds is 7. The zero-order chi connectivity index (χ0) is 35.8. The summed E-state index contributed by atoms with van der Waals surface area (Å²) < 4.78 is 57.6. The fourth-order valence-corrected chi connectivity index (χ4v) is 9.23. The molecule has 1 saturated carbocycles. The predicted molar refractivity (Wildman–Crippen MR) is 196 cm³/mol. The van der Waals surface area contributed by atoms with Gasteiger partial charge in [0.05, 0.1) is 15.1 Å². The number of carbonyl (C=O) groups excluding carboxylic acids is 1. The van der Waals surface area contributed by atoms with E-state index >= 15 is 0 Å². The van der Waals surface area contributed by atoms with Crippen LogP contribution in [0, 0.1) is 11.3 Å². The van der Waals surface area contributed by atoms with Gasteiger partial charge in [0.25, 0.3) is 10.0 Å². The Bertz CT molecular complexity index is 1990. The van der Waals surface area contributed by atoms with Crippen molar-refractivity contribution in [2.45, 2.75) is 79.5 Å². The number of carbonyl (C=O) groups is 1. The van der Waals surface area contributed by atoms with Crippen molar-refractivity contribution in [3.63, 3.8) is 0 Å². The Morgan fingerprint density at radius 2 is 1.82 bits per heavy atom. The number of aromatic hydroxyl groups is 1. The highest BCUT2D eigenvalue weighted by Gasteiger charge is 2.54. The van der Waals surface area contributed by atoms with E-state index in [0.717, 1.165) is 36.1 Å². The first-order chi connectivity index (χ1) is 22.9. The third kappa shape index (κ3) is 8.50. The SMILES string of the molecule is CC12CCC(Br)C(C)(C)C1Cc1cc(O)c(Br)cc1O2.NS(=O)(=O)c1ccc(CCNC(=O)CCC2=NS(=O)(=O)c3ccccc3N2)cc1. The number of primary sulfonamides is 1. The molecule has 1 amide bonds. The summed E-state index contributed by atoms with van der Waals surface area (Å²) in [5, 5.41) is 20.6. The van der Waals surface area contributed by atoms with Crippen LogP contribution in [-0.2, 0) is 37.7 Å². The van der Waals surface area contributed by atoms with Gasteiger partial charge >= 0.3 is 0 Å². The molecule has 49 heavy (non-hydrogen) atoms. The predicted octanol–water partition coefficient (Wildman–Crippen LogP) is 6.03. The number of alkyl halides is 1. The van der Waals surface area contributed by atoms with E-state index in [9.17, 15) is 26.7 Å². The summed E-state index contributed by atoms with van der Waals surface area (Å²) in [6, 6.07) is 16.3. The lowest BCUT2D eigenvalue weighted by Gasteiger charge is -2.55. The summed E-state index contributed by atoms with van der Waals surface area (Å²) >= 11 is 7.22. The van der Waals surface area contributed by atoms with Gasteiger partial charge in [-0.15, -0.1) is 4.40 Å². The summed E-state index contributed by atoms with van der Waals surface area (Å²) in [5.74, 6) is 1.63. The van der Waals surface area contributed by atoms with Crippen molar-refractivity contribution in [1.82, 2.24) is 5.32 Å². The molecule has 0 radical (unpaired) electrons. The second-order valence-electron chi connectivity index (χ2n) is 13.3. The maximum atomic E-state index is 12.2. The third-order valence-corrected chi connectivity index (χ3v) is 14.1. The highest BCUT2D eigenvalue weighted by molar-refractivity contribution is 9.10. The molecule has 2 heterocycles. The molecule has 3 aromatic carbocycles. The standard InChI is InChI=1S/C18H20N4O5S2.C16H20Br2O2/c19-28(24,25)14-7-5-13(6-8-14)11-12-20-18(23)10-9-17-21-15-3-1-2-4-16(15)29(26,27)22-17;1-15(2)13-7-9-6-11(19)10(17)8-12(9)20-16(13,3)5-4-14(15)18/h1-8H,9-12H2,(H,20,23)(H,21,22)(H2,19,24,25);6,8,13-14,19H,4-5,7H2,1-3H3. The minimum Gasteiger partial charge on any atom is -0.507 e. The number of para-hydroxylation sites is 1. The third-order valence-electron chi connectivity index (χ3n) is 9.48. The van der Waals surface area contributed by atoms with Crippen molar-refractivity contribution >= 4 is 69.3 Å². The zero-order valence-electron chi connectivity index (χ0n) is 27.4. The number of halogens is 2. The Morgan fingerprint density at radius 3 is 2.51 bits per heavy atom. The Hall–Kier alpha value is -2.98. The first-order valence-corrected chi connectivity index (χ1v) is 20.5. The molecule has 0 bridgehead atoms. The van der Waals surface area contributed by atoms with Crippen molar-refractivity contribution in [3.8, 4) is 11.5 Å². The number of nitrogens with one attached hydrogen (secondary N) is 2. The lowest BCUT2D eigenvalue weighted by atomic mass is 9.59. The lowest BCUT2D eigenvalue weighted by molar-refractivity contribution is -0.120. The van der Waals surface area contributed by atoms with Crippen LogP contribution in [0.4, 0.5) is 5.69 Å². The van der Waals surface area contributed by atoms with Gasteiger partial charge in [0.15, 0.2) is 0 Å². The van der Waals surface area contributed by atoms with Crippen LogP contribution in [0.5, 0.6) is 11.5 Å². The number of hydrogen-bond donors (Lipinski definition) is 4. The molecule has 3 aromatic rings. The Kier molecular flexibility index (Phi) is 10.9. The molecule has 6 rings (SSSR count). The van der Waals surface area contributed by atoms with Crippen LogP contribution in [0.15, 0.2) is 79.3 Å². The van der Waals surface area contributed by atoms with Crippen molar-refractivity contribution in [2.24, 2.45) is 20.9 Å². The van der Waals surface area contributed by atoms with E-state index in [-0.39, 0.29) is 45.4 Å². The largest absolute Gasteiger partial charge is 0.507 e. The Labute approximate surface area is 304 Å². The van der Waals surface area contributed by atoms with Crippen LogP contribution in [0.1, 0.15) is 57.6 Å². The van der Waals surface area contributed by atoms with Crippen molar-refractivity contribution in [3.05, 3.63) is 76.3 Å². The molecule has 264 valence electrons. The van der Waals surface area contributed by atoms with Crippen LogP contribution in [0.3, 0.4) is 0 Å². The lowest BCUT2D eigenvalue weighted by Crippen LogP contribution is -2.57. The summed E-state index contributed by atoms with van der Waals surface area (Å²) in [5.41, 5.74) is 2.47. The van der Waals surface area contributed by atoms with E-state index in [1.165, 1.54) is 18.2 Å². The minimum atomic E-state index is -3.76. The summed E-state index contributed by atoms with van der Waals surface area (Å²) in [6.45, 7) is 7.24. The zero-order valence-corrected chi connectivity index (χ0v) is 32.2. The molecule has 3 atom stereocenters. The van der Waals surface area contributed by atoms with E-state index in [0.29, 0.717) is 39.6 Å². The highest BCUT2D eigenvalue weighted by atomic mass is 79.9. The number of phenols is 1. The fourth-order valence-electron chi connectivity index (χ4n) is 6.67. The van der Waals surface area contributed by atoms with Crippen molar-refractivity contribution < 1.29 is 31.5 Å². The summed E-state index contributed by atoms with van der Waals surface area (Å²) in [6.07, 6.45) is 3.90. The number of fused-ring (bicyclic) bond motifs is 3. The maximum Gasteiger partial charge on any atom is 0.286 e. The first kappa shape index (κ1) is 37.3. The average molecular weight is 841 g/mol. The minimum absolute atomic E-state index is 0.0302. The quantitative estimate of drug-likeness (QED) is 0.209. The molecule has 0 saturated heterocycles. The molecule has 0 spiro atoms. The van der Waals surface area contributed by atoms with Gasteiger partial charge in [-0.1, -0.05) is 54.0 Å². The number of amidine groups is 1. The van der Waals surface area contributed by atoms with E-state index in [4.69, 9.17) is 9.88 Å². The van der Waals surface area contributed by atoms with Crippen LogP contribution >= 0.6 is 31.9 Å². The van der Waals surface area contributed by atoms with Gasteiger partial charge in [-0.3, -0.25) is 4.79 Å². The molecular weight excluding hydrogens is 800 g/mol. The molecule has 5 N–H and O–H groups in total. The number of nitrogens with two attached hydrogens (primary N) is 1. The number of phenolic OH excluding ortho intramolecular Hbond substituents is 1. The molecule has 3 unspecified atom stereocenters. The molecule has 3 aliphatic rings. The van der Waals surface area contributed by atoms with Crippen LogP contribution in [0.25, 0.3) is 0 Å². The summed E-state index contributed by atoms with van der Waals surface area (Å²) in [4.78, 5) is 12.7. The summed E-state index contributed by atoms with van der Waals surface area (Å²) in [7, 11) is -7.49. The number of benzene rings is 3. The Morgan fingerprint density at radius 1 is 1.12 bits per heavy atom. The number of anilines is 1. The molecule has 1 fully saturated rings. The van der Waals surface area contributed by atoms with Gasteiger partial charge in [-0.05, 0) is 101 Å². The molecular formula is C34H40Br2N4O7S2. The van der Waals surface area contributed by atoms with Gasteiger partial charge in [-0.2, -0.15) is 8.42 Å². The number of amides is 1. The monoisotopic (exact) mass is 838 g/mol. The topological polar surface area (TPSA) is 177 Å². The van der Waals surface area contributed by atoms with Crippen LogP contribution in [0.2, 0.25) is 0 Å². The van der Waals surface area contributed by atoms with E-state index in [1.807, 2.05) is 12.1 Å². The second-order valence-corrected chi connectivity index (χ2v) is 18.4. The first-order valence-electron chi connectivity index (χ1n) is 15.8. The van der Waals surface area contributed by atoms with E-state index in [2.05, 4.69) is 67.7 Å². The maximum absolute atomic E-state index is 12.2. The van der Waals surface area contributed by atoms with Gasteiger partial charge in [0.2, 0.25) is 15.9 Å². The van der Waals surface area contributed by atoms with E-state index < -0.39 is 20.0 Å². The second kappa shape index (κ2) is 14.3. The number of hydrogen-bond acceptors (Lipinski definition) is 8. The van der Waals surface area contributed by atoms with Gasteiger partial charge in [0.1, 0.15) is 27.8 Å². The van der Waals surface area contributed by atoms with Crippen molar-refractivity contribution in [2.75, 3.05) is 11.9 Å². The fraction of sp³-hybridized carbons (Fsp3) is 0.412. The smallest absolute Gasteiger partial charge is 0.286 e. The van der Waals surface area contributed by atoms with E-state index in [1.54, 1.807) is 30.3 Å². The van der Waals surface area contributed by atoms with Crippen LogP contribution in [-0.4, -0.2) is 50.7 Å². The molecule has 2 aliphatic heterocycles. The molecule has 1 aliphatic carbocycles.